The van der Waals surface area contributed by atoms with Crippen molar-refractivity contribution in [1.29, 1.82) is 0 Å². The van der Waals surface area contributed by atoms with E-state index in [1.807, 2.05) is 39.6 Å². The van der Waals surface area contributed by atoms with Gasteiger partial charge in [0, 0.05) is 67.7 Å². The van der Waals surface area contributed by atoms with Crippen molar-refractivity contribution in [2.45, 2.75) is 71.1 Å². The molecule has 1 saturated heterocycles. The van der Waals surface area contributed by atoms with Crippen LogP contribution in [0.25, 0.3) is 0 Å². The Labute approximate surface area is 387 Å². The molecule has 0 N–H and O–H groups in total. The zero-order chi connectivity index (χ0) is 46.0. The fourth-order valence-electron chi connectivity index (χ4n) is 6.68. The fraction of sp³-hybridized carbons (Fsp3) is 0.375. The number of carbonyl (C=O) groups excluding carboxylic acids is 2. The van der Waals surface area contributed by atoms with Crippen LogP contribution in [0.1, 0.15) is 73.0 Å². The number of hydrogen-bond acceptors (Lipinski definition) is 13. The van der Waals surface area contributed by atoms with Gasteiger partial charge in [0.05, 0.1) is 30.5 Å². The summed E-state index contributed by atoms with van der Waals surface area (Å²) in [5.74, 6) is 1.57. The number of thiazole rings is 2. The van der Waals surface area contributed by atoms with Gasteiger partial charge in [-0.1, -0.05) is 68.8 Å². The molecule has 1 aliphatic rings. The van der Waals surface area contributed by atoms with E-state index in [2.05, 4.69) is 88.3 Å². The van der Waals surface area contributed by atoms with E-state index in [0.29, 0.717) is 36.8 Å². The molecule has 7 rings (SSSR count). The highest BCUT2D eigenvalue weighted by atomic mass is 32.2. The Morgan fingerprint density at radius 2 is 1.35 bits per heavy atom. The van der Waals surface area contributed by atoms with Crippen LogP contribution in [0.4, 0.5) is 10.3 Å². The number of piperazine rings is 1. The third-order valence-electron chi connectivity index (χ3n) is 9.76. The van der Waals surface area contributed by atoms with E-state index in [1.165, 1.54) is 45.2 Å². The van der Waals surface area contributed by atoms with Gasteiger partial charge in [-0.05, 0) is 91.6 Å². The van der Waals surface area contributed by atoms with Crippen molar-refractivity contribution in [3.63, 3.8) is 0 Å². The second-order valence-electron chi connectivity index (χ2n) is 14.0. The largest absolute Gasteiger partial charge is 0.497 e. The van der Waals surface area contributed by atoms with Crippen LogP contribution in [0.3, 0.4) is 0 Å². The molecule has 0 atom stereocenters. The molecule has 15 heteroatoms. The Kier molecular flexibility index (Phi) is 23.9. The van der Waals surface area contributed by atoms with Gasteiger partial charge >= 0.3 is 0 Å². The average molecular weight is 934 g/mol. The minimum absolute atomic E-state index is 0.300. The first-order valence-corrected chi connectivity index (χ1v) is 25.1. The van der Waals surface area contributed by atoms with Crippen molar-refractivity contribution in [3.05, 3.63) is 134 Å². The predicted octanol–water partition coefficient (Wildman–Crippen LogP) is 10.3. The molecule has 0 spiro atoms. The summed E-state index contributed by atoms with van der Waals surface area (Å²) < 4.78 is 37.6. The maximum Gasteiger partial charge on any atom is 0.243 e. The number of methoxy groups -OCH3 is 2. The number of aromatic nitrogens is 2. The predicted molar refractivity (Wildman–Crippen MR) is 263 cm³/mol. The Hall–Kier alpha value is -4.93. The monoisotopic (exact) mass is 933 g/mol. The highest BCUT2D eigenvalue weighted by Gasteiger charge is 2.29. The molecule has 0 bridgehead atoms. The first kappa shape index (κ1) is 52.4. The second-order valence-corrected chi connectivity index (χ2v) is 18.7. The van der Waals surface area contributed by atoms with Gasteiger partial charge in [0.1, 0.15) is 25.1 Å². The number of carbonyl (C=O) groups is 2. The Morgan fingerprint density at radius 1 is 0.714 bits per heavy atom. The summed E-state index contributed by atoms with van der Waals surface area (Å²) in [6.07, 6.45) is 6.38. The van der Waals surface area contributed by atoms with E-state index in [9.17, 15) is 8.42 Å². The average Bonchev–Trinajstić information content (AvgIpc) is 4.14. The summed E-state index contributed by atoms with van der Waals surface area (Å²) in [4.78, 5) is 31.9. The van der Waals surface area contributed by atoms with Crippen LogP contribution in [0.5, 0.6) is 11.5 Å². The summed E-state index contributed by atoms with van der Waals surface area (Å²) in [6.45, 7) is 16.7. The number of unbranched alkanes of at least 4 members (excludes halogenated alkanes) is 1. The van der Waals surface area contributed by atoms with Gasteiger partial charge in [-0.15, -0.1) is 34.0 Å². The number of thiophene rings is 1. The van der Waals surface area contributed by atoms with Crippen molar-refractivity contribution >= 4 is 67.9 Å². The Morgan fingerprint density at radius 3 is 1.95 bits per heavy atom. The molecule has 11 nitrogen and oxygen atoms in total. The Bertz CT molecular complexity index is 2240. The molecule has 1 fully saturated rings. The lowest BCUT2D eigenvalue weighted by atomic mass is 10.1. The molecule has 6 aromatic rings. The second kappa shape index (κ2) is 28.7. The molecular weight excluding hydrogens is 871 g/mol. The SMILES string of the molecule is C=O.C=O.CC.CCCN(CCCCc1ccc(OC)cc1)c1nc(Cc2cccc(C)c2)cs1.COc1ccc(S(=O)(=O)N2CCN(c3nc(Cc4cccs4)cs3)CC2)cc1. The topological polar surface area (TPSA) is 122 Å². The first-order chi connectivity index (χ1) is 30.7. The number of aryl methyl sites for hydroxylation is 2. The van der Waals surface area contributed by atoms with E-state index in [-0.39, 0.29) is 0 Å². The van der Waals surface area contributed by atoms with Crippen molar-refractivity contribution in [1.82, 2.24) is 14.3 Å². The number of rotatable bonds is 17. The van der Waals surface area contributed by atoms with Crippen molar-refractivity contribution in [3.8, 4) is 11.5 Å². The van der Waals surface area contributed by atoms with Crippen LogP contribution in [-0.4, -0.2) is 89.8 Å². The molecule has 3 aromatic heterocycles. The van der Waals surface area contributed by atoms with Crippen LogP contribution < -0.4 is 19.3 Å². The van der Waals surface area contributed by atoms with Crippen LogP contribution in [0.2, 0.25) is 0 Å². The highest BCUT2D eigenvalue weighted by Crippen LogP contribution is 2.27. The normalized spacial score (nSPS) is 12.2. The third-order valence-corrected chi connectivity index (χ3v) is 14.4. The molecule has 3 aromatic carbocycles. The summed E-state index contributed by atoms with van der Waals surface area (Å²) in [7, 11) is -0.213. The van der Waals surface area contributed by atoms with Crippen LogP contribution in [0.15, 0.2) is 106 Å². The molecule has 0 radical (unpaired) electrons. The van der Waals surface area contributed by atoms with Gasteiger partial charge in [0.2, 0.25) is 10.0 Å². The van der Waals surface area contributed by atoms with Crippen molar-refractivity contribution in [2.24, 2.45) is 0 Å². The van der Waals surface area contributed by atoms with E-state index < -0.39 is 10.0 Å². The Balaban J connectivity index is 0.000000300. The zero-order valence-corrected chi connectivity index (χ0v) is 40.8. The van der Waals surface area contributed by atoms with Gasteiger partial charge in [-0.25, -0.2) is 18.4 Å². The summed E-state index contributed by atoms with van der Waals surface area (Å²) in [5.41, 5.74) is 6.26. The molecule has 4 heterocycles. The molecule has 0 unspecified atom stereocenters. The molecule has 0 saturated carbocycles. The molecule has 63 heavy (non-hydrogen) atoms. The van der Waals surface area contributed by atoms with Crippen molar-refractivity contribution in [2.75, 3.05) is 63.3 Å². The van der Waals surface area contributed by atoms with Gasteiger partial charge in [-0.3, -0.25) is 0 Å². The molecule has 0 amide bonds. The van der Waals surface area contributed by atoms with Crippen molar-refractivity contribution < 1.29 is 27.5 Å². The third kappa shape index (κ3) is 16.6. The minimum atomic E-state index is -3.49. The quantitative estimate of drug-likeness (QED) is 0.0817. The van der Waals surface area contributed by atoms with Gasteiger partial charge in [0.15, 0.2) is 10.3 Å². The zero-order valence-electron chi connectivity index (χ0n) is 37.5. The van der Waals surface area contributed by atoms with E-state index in [4.69, 9.17) is 29.0 Å². The lowest BCUT2D eigenvalue weighted by Gasteiger charge is -2.33. The highest BCUT2D eigenvalue weighted by molar-refractivity contribution is 7.89. The maximum absolute atomic E-state index is 12.9. The molecule has 1 aliphatic heterocycles. The number of anilines is 2. The summed E-state index contributed by atoms with van der Waals surface area (Å²) in [6, 6.07) is 27.8. The standard InChI is InChI=1S/C25H32N2OS.C19H21N3O3S3.C2H6.2CH2O/c1-4-15-27(16-6-5-9-21-11-13-24(28-3)14-12-21)25-26-23(19-29-25)18-22-10-7-8-20(2)17-22;1-25-16-4-6-18(7-5-16)28(23,24)22-10-8-21(9-11-22)19-20-15(14-27-19)13-17-3-2-12-26-17;3*1-2/h7-8,10-14,17,19H,4-6,9,15-16,18H2,1-3H3;2-7,12,14H,8-11,13H2,1H3;1-2H3;2*1H2. The van der Waals surface area contributed by atoms with E-state index in [1.54, 1.807) is 76.8 Å². The van der Waals surface area contributed by atoms with Gasteiger partial charge in [0.25, 0.3) is 0 Å². The molecular formula is C48H63N5O6S4. The van der Waals surface area contributed by atoms with Crippen LogP contribution in [-0.2, 0) is 38.9 Å². The molecule has 0 aliphatic carbocycles. The lowest BCUT2D eigenvalue weighted by molar-refractivity contribution is -0.0987. The summed E-state index contributed by atoms with van der Waals surface area (Å²) >= 11 is 5.14. The van der Waals surface area contributed by atoms with Crippen LogP contribution in [0, 0.1) is 6.92 Å². The maximum atomic E-state index is 12.9. The first-order valence-electron chi connectivity index (χ1n) is 21.1. The number of sulfonamides is 1. The smallest absolute Gasteiger partial charge is 0.243 e. The van der Waals surface area contributed by atoms with E-state index >= 15 is 0 Å². The number of ether oxygens (including phenoxy) is 2. The number of benzene rings is 3. The number of nitrogens with zero attached hydrogens (tertiary/aromatic N) is 5. The minimum Gasteiger partial charge on any atom is -0.497 e. The molecule has 340 valence electrons. The lowest BCUT2D eigenvalue weighted by Crippen LogP contribution is -2.48. The van der Waals surface area contributed by atoms with Crippen LogP contribution >= 0.6 is 34.0 Å². The summed E-state index contributed by atoms with van der Waals surface area (Å²) in [5, 5.41) is 8.52. The van der Waals surface area contributed by atoms with Gasteiger partial charge < -0.3 is 28.9 Å². The van der Waals surface area contributed by atoms with Gasteiger partial charge in [-0.2, -0.15) is 4.31 Å². The fourth-order valence-corrected chi connectivity index (χ4v) is 10.6. The van der Waals surface area contributed by atoms with E-state index in [0.717, 1.165) is 55.3 Å². The number of hydrogen-bond donors (Lipinski definition) is 0.